The topological polar surface area (TPSA) is 35.8 Å². The lowest BCUT2D eigenvalue weighted by Gasteiger charge is -2.11. The van der Waals surface area contributed by atoms with Crippen LogP contribution in [0, 0.1) is 11.3 Å². The van der Waals surface area contributed by atoms with Gasteiger partial charge in [0.25, 0.3) is 0 Å². The van der Waals surface area contributed by atoms with E-state index in [0.29, 0.717) is 4.75 Å². The van der Waals surface area contributed by atoms with Crippen molar-refractivity contribution in [2.75, 3.05) is 12.8 Å². The summed E-state index contributed by atoms with van der Waals surface area (Å²) in [6, 6.07) is 4.12. The Labute approximate surface area is 98.7 Å². The summed E-state index contributed by atoms with van der Waals surface area (Å²) < 4.78 is 0.523. The molecule has 0 spiro atoms. The highest BCUT2D eigenvalue weighted by atomic mass is 32.2. The van der Waals surface area contributed by atoms with E-state index in [1.165, 1.54) is 17.7 Å². The maximum absolute atomic E-state index is 8.69. The number of nitrogens with zero attached hydrogens (tertiary/aromatic N) is 1. The third-order valence-corrected chi connectivity index (χ3v) is 5.13. The molecule has 0 atom stereocenters. The molecule has 4 heteroatoms. The Morgan fingerprint density at radius 2 is 2.47 bits per heavy atom. The molecule has 0 bridgehead atoms. The minimum Gasteiger partial charge on any atom is -0.310 e. The molecular weight excluding hydrogens is 224 g/mol. The van der Waals surface area contributed by atoms with Crippen molar-refractivity contribution in [2.45, 2.75) is 24.1 Å². The van der Waals surface area contributed by atoms with Gasteiger partial charge in [-0.2, -0.15) is 17.0 Å². The van der Waals surface area contributed by atoms with Crippen molar-refractivity contribution >= 4 is 23.1 Å². The van der Waals surface area contributed by atoms with E-state index < -0.39 is 0 Å². The van der Waals surface area contributed by atoms with Crippen LogP contribution >= 0.6 is 23.1 Å². The Bertz CT molecular complexity index is 374. The number of hydrogen-bond donors (Lipinski definition) is 1. The van der Waals surface area contributed by atoms with Crippen molar-refractivity contribution < 1.29 is 0 Å². The van der Waals surface area contributed by atoms with E-state index in [1.54, 1.807) is 11.3 Å². The average molecular weight is 238 g/mol. The van der Waals surface area contributed by atoms with Gasteiger partial charge in [0.15, 0.2) is 0 Å². The normalized spacial score (nSPS) is 17.3. The molecule has 1 saturated carbocycles. The zero-order chi connectivity index (χ0) is 10.7. The molecule has 0 aliphatic heterocycles. The first-order chi connectivity index (χ1) is 7.28. The van der Waals surface area contributed by atoms with Gasteiger partial charge in [0.1, 0.15) is 6.07 Å². The third kappa shape index (κ3) is 2.75. The molecule has 1 aromatic rings. The molecule has 0 unspecified atom stereocenters. The Morgan fingerprint density at radius 3 is 3.00 bits per heavy atom. The average Bonchev–Trinajstić information content (AvgIpc) is 2.89. The van der Waals surface area contributed by atoms with Gasteiger partial charge in [0.05, 0.1) is 5.56 Å². The Hall–Kier alpha value is -0.500. The second-order valence-corrected chi connectivity index (χ2v) is 6.17. The van der Waals surface area contributed by atoms with Crippen LogP contribution < -0.4 is 5.32 Å². The number of thioether (sulfide) groups is 1. The van der Waals surface area contributed by atoms with Crippen LogP contribution in [0.25, 0.3) is 0 Å². The van der Waals surface area contributed by atoms with Crippen LogP contribution in [-0.4, -0.2) is 17.5 Å². The van der Waals surface area contributed by atoms with Gasteiger partial charge in [-0.1, -0.05) is 0 Å². The summed E-state index contributed by atoms with van der Waals surface area (Å²) in [4.78, 5) is 1.25. The summed E-state index contributed by atoms with van der Waals surface area (Å²) in [6.07, 6.45) is 4.87. The molecule has 1 N–H and O–H groups in total. The Balaban J connectivity index is 1.76. The van der Waals surface area contributed by atoms with Crippen molar-refractivity contribution in [3.8, 4) is 6.07 Å². The van der Waals surface area contributed by atoms with Gasteiger partial charge < -0.3 is 5.32 Å². The number of hydrogen-bond acceptors (Lipinski definition) is 4. The molecule has 1 aliphatic carbocycles. The molecule has 1 heterocycles. The molecule has 2 nitrogen and oxygen atoms in total. The van der Waals surface area contributed by atoms with Crippen molar-refractivity contribution in [3.63, 3.8) is 0 Å². The molecule has 1 aliphatic rings. The van der Waals surface area contributed by atoms with Crippen LogP contribution in [0.15, 0.2) is 11.4 Å². The minimum atomic E-state index is 0.523. The van der Waals surface area contributed by atoms with Crippen molar-refractivity contribution in [3.05, 3.63) is 21.9 Å². The maximum Gasteiger partial charge on any atom is 0.100 e. The van der Waals surface area contributed by atoms with E-state index in [9.17, 15) is 0 Å². The van der Waals surface area contributed by atoms with E-state index in [4.69, 9.17) is 5.26 Å². The van der Waals surface area contributed by atoms with Crippen molar-refractivity contribution in [1.82, 2.24) is 5.32 Å². The first-order valence-corrected chi connectivity index (χ1v) is 7.12. The molecule has 15 heavy (non-hydrogen) atoms. The number of nitrogens with one attached hydrogen (secondary N) is 1. The van der Waals surface area contributed by atoms with Gasteiger partial charge >= 0.3 is 0 Å². The molecule has 1 fully saturated rings. The molecule has 80 valence electrons. The molecular formula is C11H14N2S2. The quantitative estimate of drug-likeness (QED) is 0.856. The molecule has 0 aromatic carbocycles. The molecule has 0 saturated heterocycles. The monoisotopic (exact) mass is 238 g/mol. The summed E-state index contributed by atoms with van der Waals surface area (Å²) in [6.45, 7) is 1.99. The van der Waals surface area contributed by atoms with Crippen molar-refractivity contribution in [2.24, 2.45) is 0 Å². The van der Waals surface area contributed by atoms with Gasteiger partial charge in [0.2, 0.25) is 0 Å². The zero-order valence-electron chi connectivity index (χ0n) is 8.75. The highest BCUT2D eigenvalue weighted by Gasteiger charge is 2.41. The van der Waals surface area contributed by atoms with Gasteiger partial charge in [-0.05, 0) is 25.2 Å². The van der Waals surface area contributed by atoms with E-state index in [0.717, 1.165) is 18.7 Å². The Kier molecular flexibility index (Phi) is 3.35. The summed E-state index contributed by atoms with van der Waals surface area (Å²) in [5.74, 6) is 0. The van der Waals surface area contributed by atoms with Crippen molar-refractivity contribution in [1.29, 1.82) is 5.26 Å². The predicted molar refractivity (Wildman–Crippen MR) is 66.2 cm³/mol. The fraction of sp³-hybridized carbons (Fsp3) is 0.545. The van der Waals surface area contributed by atoms with E-state index >= 15 is 0 Å². The van der Waals surface area contributed by atoms with E-state index in [1.807, 2.05) is 23.2 Å². The van der Waals surface area contributed by atoms with E-state index in [-0.39, 0.29) is 0 Å². The molecule has 0 amide bonds. The fourth-order valence-electron chi connectivity index (χ4n) is 1.54. The smallest absolute Gasteiger partial charge is 0.100 e. The van der Waals surface area contributed by atoms with Crippen LogP contribution in [0.5, 0.6) is 0 Å². The largest absolute Gasteiger partial charge is 0.310 e. The molecule has 0 radical (unpaired) electrons. The summed E-state index contributed by atoms with van der Waals surface area (Å²) in [5.41, 5.74) is 0.780. The lowest BCUT2D eigenvalue weighted by atomic mass is 10.3. The van der Waals surface area contributed by atoms with Crippen LogP contribution in [0.4, 0.5) is 0 Å². The summed E-state index contributed by atoms with van der Waals surface area (Å²) in [7, 11) is 0. The van der Waals surface area contributed by atoms with Gasteiger partial charge in [-0.15, -0.1) is 11.3 Å². The molecule has 1 aromatic heterocycles. The first-order valence-electron chi connectivity index (χ1n) is 5.01. The minimum absolute atomic E-state index is 0.523. The van der Waals surface area contributed by atoms with Crippen LogP contribution in [-0.2, 0) is 6.54 Å². The number of rotatable bonds is 5. The second kappa shape index (κ2) is 4.56. The highest BCUT2D eigenvalue weighted by molar-refractivity contribution is 8.00. The predicted octanol–water partition coefficient (Wildman–Crippen LogP) is 2.60. The van der Waals surface area contributed by atoms with Crippen LogP contribution in [0.3, 0.4) is 0 Å². The van der Waals surface area contributed by atoms with E-state index in [2.05, 4.69) is 17.6 Å². The summed E-state index contributed by atoms with van der Waals surface area (Å²) in [5, 5.41) is 14.1. The standard InChI is InChI=1S/C11H14N2S2/c1-14-11(2-3-11)8-13-6-10-4-9(5-12)7-15-10/h4,7,13H,2-3,6,8H2,1H3. The second-order valence-electron chi connectivity index (χ2n) is 3.90. The summed E-state index contributed by atoms with van der Waals surface area (Å²) >= 11 is 3.63. The van der Waals surface area contributed by atoms with Gasteiger partial charge in [0, 0.05) is 28.1 Å². The maximum atomic E-state index is 8.69. The number of nitriles is 1. The van der Waals surface area contributed by atoms with Crippen LogP contribution in [0.2, 0.25) is 0 Å². The fourth-order valence-corrected chi connectivity index (χ4v) is 3.07. The van der Waals surface area contributed by atoms with Gasteiger partial charge in [-0.25, -0.2) is 0 Å². The SMILES string of the molecule is CSC1(CNCc2cc(C#N)cs2)CC1. The van der Waals surface area contributed by atoms with Gasteiger partial charge in [-0.3, -0.25) is 0 Å². The third-order valence-electron chi connectivity index (χ3n) is 2.77. The lowest BCUT2D eigenvalue weighted by Crippen LogP contribution is -2.25. The van der Waals surface area contributed by atoms with Crippen LogP contribution in [0.1, 0.15) is 23.3 Å². The molecule has 2 rings (SSSR count). The first kappa shape index (κ1) is 11.0. The Morgan fingerprint density at radius 1 is 1.67 bits per heavy atom. The number of thiophene rings is 1. The zero-order valence-corrected chi connectivity index (χ0v) is 10.4. The lowest BCUT2D eigenvalue weighted by molar-refractivity contribution is 0.669. The highest BCUT2D eigenvalue weighted by Crippen LogP contribution is 2.46.